The third-order valence-electron chi connectivity index (χ3n) is 12.5. The minimum Gasteiger partial charge on any atom is -0.508 e. The first-order valence-corrected chi connectivity index (χ1v) is 23.5. The van der Waals surface area contributed by atoms with Crippen molar-refractivity contribution >= 4 is 17.9 Å². The first-order valence-electron chi connectivity index (χ1n) is 23.5. The summed E-state index contributed by atoms with van der Waals surface area (Å²) in [5.74, 6) is -3.84. The second kappa shape index (κ2) is 24.9. The number of carbonyl (C=O) groups is 3. The van der Waals surface area contributed by atoms with E-state index in [1.807, 2.05) is 45.9 Å². The number of cyclic esters (lactones) is 1. The molecule has 0 radical (unpaired) electrons. The number of hydrogen-bond donors (Lipinski definition) is 7. The van der Waals surface area contributed by atoms with E-state index in [2.05, 4.69) is 0 Å². The van der Waals surface area contributed by atoms with Crippen LogP contribution < -0.4 is 0 Å². The highest BCUT2D eigenvalue weighted by molar-refractivity contribution is 5.94. The van der Waals surface area contributed by atoms with Crippen LogP contribution in [0.4, 0.5) is 0 Å². The van der Waals surface area contributed by atoms with Gasteiger partial charge in [-0.2, -0.15) is 0 Å². The lowest BCUT2D eigenvalue weighted by Gasteiger charge is -2.47. The molecule has 1 aromatic rings. The Kier molecular flexibility index (Phi) is 20.6. The highest BCUT2D eigenvalue weighted by Crippen LogP contribution is 2.37. The molecule has 0 amide bonds. The predicted molar refractivity (Wildman–Crippen MR) is 249 cm³/mol. The lowest BCUT2D eigenvalue weighted by Crippen LogP contribution is -2.64. The van der Waals surface area contributed by atoms with E-state index in [0.29, 0.717) is 30.4 Å². The van der Waals surface area contributed by atoms with Crippen LogP contribution in [0.2, 0.25) is 0 Å². The molecule has 2 saturated heterocycles. The number of carbonyl (C=O) groups excluding carboxylic acids is 3. The lowest BCUT2D eigenvalue weighted by molar-refractivity contribution is -0.333. The Bertz CT molecular complexity index is 2050. The van der Waals surface area contributed by atoms with E-state index in [0.717, 1.165) is 17.2 Å². The summed E-state index contributed by atoms with van der Waals surface area (Å²) in [6.45, 7) is 18.8. The number of allylic oxidation sites excluding steroid dienone is 4. The minimum atomic E-state index is -1.74. The van der Waals surface area contributed by atoms with Crippen LogP contribution in [0.3, 0.4) is 0 Å². The summed E-state index contributed by atoms with van der Waals surface area (Å²) < 4.78 is 41.6. The number of phenols is 2. The summed E-state index contributed by atoms with van der Waals surface area (Å²) >= 11 is 0. The normalized spacial score (nSPS) is 35.7. The quantitative estimate of drug-likeness (QED) is 0.0797. The number of aliphatic hydroxyl groups is 5. The molecule has 380 valence electrons. The van der Waals surface area contributed by atoms with Crippen LogP contribution >= 0.6 is 0 Å². The molecule has 13 atom stereocenters. The van der Waals surface area contributed by atoms with Gasteiger partial charge in [-0.15, -0.1) is 0 Å². The first kappa shape index (κ1) is 56.2. The van der Waals surface area contributed by atoms with Crippen LogP contribution in [0.15, 0.2) is 70.9 Å². The summed E-state index contributed by atoms with van der Waals surface area (Å²) in [6.07, 6.45) is -3.01. The van der Waals surface area contributed by atoms with Gasteiger partial charge in [0.2, 0.25) is 0 Å². The van der Waals surface area contributed by atoms with E-state index in [1.165, 1.54) is 19.1 Å². The van der Waals surface area contributed by atoms with Gasteiger partial charge in [0.1, 0.15) is 53.2 Å². The van der Waals surface area contributed by atoms with Gasteiger partial charge in [0.15, 0.2) is 24.8 Å². The van der Waals surface area contributed by atoms with Crippen molar-refractivity contribution in [1.82, 2.24) is 0 Å². The average molecular weight is 959 g/mol. The molecule has 7 N–H and O–H groups in total. The van der Waals surface area contributed by atoms with Crippen LogP contribution in [0.5, 0.6) is 11.5 Å². The SMILES string of the molecule is CCc1cc(O)cc(O)c1C(=O)O[C@H]1[C@H](O)[C@H](O)[C@H](OC/C2=C\C=C\C[C@H](O)/C(C)=C/[C@H](CC)[C@@H](O[C@@H]3OC(C)(C)[C@@H](OC(=O)C(C)C)[C@H](O)[C@@H]3O)/C(C)=C/C(C)=C/C[C@@H](CC)OC2=O)O[C@@H]1C. The van der Waals surface area contributed by atoms with Crippen molar-refractivity contribution in [3.63, 3.8) is 0 Å². The molecule has 0 saturated carbocycles. The van der Waals surface area contributed by atoms with Crippen molar-refractivity contribution in [2.24, 2.45) is 11.8 Å². The average Bonchev–Trinajstić information content (AvgIpc) is 3.27. The maximum atomic E-state index is 13.8. The summed E-state index contributed by atoms with van der Waals surface area (Å²) in [5.41, 5.74) is 1.07. The molecule has 2 fully saturated rings. The number of rotatable bonds is 12. The number of aryl methyl sites for hydroxylation is 1. The molecular weight excluding hydrogens is 885 g/mol. The van der Waals surface area contributed by atoms with Crippen LogP contribution in [-0.4, -0.2) is 139 Å². The van der Waals surface area contributed by atoms with E-state index in [-0.39, 0.29) is 35.6 Å². The predicted octanol–water partition coefficient (Wildman–Crippen LogP) is 5.30. The lowest BCUT2D eigenvalue weighted by atomic mass is 9.88. The van der Waals surface area contributed by atoms with Gasteiger partial charge in [0, 0.05) is 18.4 Å². The monoisotopic (exact) mass is 958 g/mol. The molecule has 3 aliphatic rings. The molecule has 17 heteroatoms. The largest absolute Gasteiger partial charge is 0.508 e. The van der Waals surface area contributed by atoms with Crippen LogP contribution in [0.25, 0.3) is 0 Å². The number of hydrogen-bond acceptors (Lipinski definition) is 17. The minimum absolute atomic E-state index is 0.0382. The molecule has 1 aromatic carbocycles. The fourth-order valence-corrected chi connectivity index (χ4v) is 8.27. The number of aromatic hydroxyl groups is 2. The van der Waals surface area contributed by atoms with Gasteiger partial charge in [-0.3, -0.25) is 4.79 Å². The molecule has 17 nitrogen and oxygen atoms in total. The fraction of sp³-hybridized carbons (Fsp3) is 0.627. The van der Waals surface area contributed by atoms with Crippen molar-refractivity contribution < 1.29 is 83.3 Å². The summed E-state index contributed by atoms with van der Waals surface area (Å²) in [6, 6.07) is 2.31. The van der Waals surface area contributed by atoms with E-state index in [9.17, 15) is 50.1 Å². The molecular formula is C51H74O17. The smallest absolute Gasteiger partial charge is 0.342 e. The Morgan fingerprint density at radius 2 is 1.56 bits per heavy atom. The van der Waals surface area contributed by atoms with E-state index >= 15 is 0 Å². The van der Waals surface area contributed by atoms with Gasteiger partial charge >= 0.3 is 17.9 Å². The third kappa shape index (κ3) is 14.3. The van der Waals surface area contributed by atoms with Crippen LogP contribution in [0.1, 0.15) is 118 Å². The van der Waals surface area contributed by atoms with Crippen molar-refractivity contribution in [2.75, 3.05) is 6.61 Å². The van der Waals surface area contributed by atoms with Gasteiger partial charge in [-0.05, 0) is 96.1 Å². The number of ether oxygens (including phenoxy) is 7. The molecule has 3 heterocycles. The summed E-state index contributed by atoms with van der Waals surface area (Å²) in [4.78, 5) is 39.5. The Hall–Kier alpha value is -4.43. The van der Waals surface area contributed by atoms with Crippen LogP contribution in [-0.2, 0) is 49.2 Å². The van der Waals surface area contributed by atoms with Gasteiger partial charge in [0.05, 0.1) is 36.4 Å². The zero-order chi connectivity index (χ0) is 50.8. The van der Waals surface area contributed by atoms with Gasteiger partial charge < -0.3 is 68.9 Å². The van der Waals surface area contributed by atoms with E-state index < -0.39 is 115 Å². The first-order chi connectivity index (χ1) is 31.9. The second-order valence-corrected chi connectivity index (χ2v) is 18.7. The maximum Gasteiger partial charge on any atom is 0.342 e. The molecule has 0 spiro atoms. The van der Waals surface area contributed by atoms with Gasteiger partial charge in [-0.1, -0.05) is 70.6 Å². The van der Waals surface area contributed by atoms with Crippen molar-refractivity contribution in [1.29, 1.82) is 0 Å². The highest BCUT2D eigenvalue weighted by atomic mass is 16.7. The number of benzene rings is 1. The topological polar surface area (TPSA) is 257 Å². The van der Waals surface area contributed by atoms with Crippen molar-refractivity contribution in [2.45, 2.75) is 187 Å². The number of esters is 3. The molecule has 0 unspecified atom stereocenters. The standard InChI is InChI=1S/C51H74O17/c1-12-31-23-34(52)24-37(54)38(31)48(61)65-44-30(9)63-49(41(57)39(44)55)62-25-33-17-15-16-18-36(53)28(7)22-32(13-2)43(29(8)21-27(6)19-20-35(14-3)64-47(33)60)66-50-42(58)40(56)45(51(10,11)68-50)67-46(59)26(4)5/h15-17,19,21-24,26,30,32,35-36,39-45,49-50,52-58H,12-14,18,20,25H2,1-11H3/b16-15+,27-19+,28-22+,29-21+,33-17+/t30-,32+,35-,36+,39-,40-,41+,42+,43+,44-,45+,49-,50-/m1/s1. The van der Waals surface area contributed by atoms with Crippen molar-refractivity contribution in [3.8, 4) is 11.5 Å². The summed E-state index contributed by atoms with van der Waals surface area (Å²) in [7, 11) is 0. The zero-order valence-corrected chi connectivity index (χ0v) is 41.2. The molecule has 3 aliphatic heterocycles. The zero-order valence-electron chi connectivity index (χ0n) is 41.2. The Morgan fingerprint density at radius 3 is 2.19 bits per heavy atom. The Labute approximate surface area is 399 Å². The Balaban J connectivity index is 1.56. The molecule has 0 aromatic heterocycles. The highest BCUT2D eigenvalue weighted by Gasteiger charge is 2.53. The van der Waals surface area contributed by atoms with Gasteiger partial charge in [-0.25, -0.2) is 9.59 Å². The molecule has 0 aliphatic carbocycles. The van der Waals surface area contributed by atoms with E-state index in [4.69, 9.17) is 33.2 Å². The number of aliphatic hydroxyl groups excluding tert-OH is 5. The number of phenolic OH excluding ortho intramolecular Hbond substituents is 2. The fourth-order valence-electron chi connectivity index (χ4n) is 8.27. The van der Waals surface area contributed by atoms with Crippen molar-refractivity contribution in [3.05, 3.63) is 82.0 Å². The molecule has 4 rings (SSSR count). The van der Waals surface area contributed by atoms with Gasteiger partial charge in [0.25, 0.3) is 0 Å². The van der Waals surface area contributed by atoms with E-state index in [1.54, 1.807) is 53.7 Å². The molecule has 0 bridgehead atoms. The molecule has 68 heavy (non-hydrogen) atoms. The summed E-state index contributed by atoms with van der Waals surface area (Å²) in [5, 5.41) is 76.4. The Morgan fingerprint density at radius 1 is 0.882 bits per heavy atom. The maximum absolute atomic E-state index is 13.8. The second-order valence-electron chi connectivity index (χ2n) is 18.7. The van der Waals surface area contributed by atoms with Crippen LogP contribution in [0, 0.1) is 11.8 Å². The third-order valence-corrected chi connectivity index (χ3v) is 12.5.